The van der Waals surface area contributed by atoms with Crippen LogP contribution in [0.3, 0.4) is 0 Å². The zero-order chi connectivity index (χ0) is 19.5. The molecule has 6 heteroatoms. The second kappa shape index (κ2) is 7.94. The van der Waals surface area contributed by atoms with E-state index in [1.165, 1.54) is 12.1 Å². The summed E-state index contributed by atoms with van der Waals surface area (Å²) in [6.45, 7) is 2.04. The molecule has 1 aliphatic heterocycles. The molecule has 0 unspecified atom stereocenters. The van der Waals surface area contributed by atoms with Gasteiger partial charge in [-0.1, -0.05) is 24.3 Å². The van der Waals surface area contributed by atoms with Crippen LogP contribution in [0.2, 0.25) is 0 Å². The van der Waals surface area contributed by atoms with Gasteiger partial charge in [0.25, 0.3) is 5.91 Å². The van der Waals surface area contributed by atoms with E-state index in [2.05, 4.69) is 22.4 Å². The van der Waals surface area contributed by atoms with E-state index >= 15 is 0 Å². The predicted octanol–water partition coefficient (Wildman–Crippen LogP) is 4.21. The Morgan fingerprint density at radius 3 is 2.54 bits per heavy atom. The van der Waals surface area contributed by atoms with E-state index in [9.17, 15) is 9.18 Å². The van der Waals surface area contributed by atoms with Crippen molar-refractivity contribution >= 4 is 11.7 Å². The number of nitrogens with one attached hydrogen (secondary N) is 1. The van der Waals surface area contributed by atoms with E-state index in [1.807, 2.05) is 28.9 Å². The minimum absolute atomic E-state index is 0.201. The molecule has 4 rings (SSSR count). The molecule has 0 saturated carbocycles. The summed E-state index contributed by atoms with van der Waals surface area (Å²) in [7, 11) is 2.12. The van der Waals surface area contributed by atoms with Crippen molar-refractivity contribution in [2.45, 2.75) is 18.9 Å². The van der Waals surface area contributed by atoms with Crippen LogP contribution in [0.5, 0.6) is 0 Å². The maximum absolute atomic E-state index is 13.5. The first kappa shape index (κ1) is 18.4. The van der Waals surface area contributed by atoms with Crippen LogP contribution in [-0.2, 0) is 0 Å². The molecule has 3 aromatic rings. The summed E-state index contributed by atoms with van der Waals surface area (Å²) >= 11 is 0. The lowest BCUT2D eigenvalue weighted by molar-refractivity contribution is 0.102. The molecule has 1 aliphatic rings. The van der Waals surface area contributed by atoms with Crippen LogP contribution in [0.15, 0.2) is 60.8 Å². The molecule has 2 aromatic carbocycles. The number of benzene rings is 2. The Hall–Kier alpha value is -2.99. The van der Waals surface area contributed by atoms with Crippen molar-refractivity contribution in [1.29, 1.82) is 0 Å². The van der Waals surface area contributed by atoms with Gasteiger partial charge in [-0.3, -0.25) is 4.79 Å². The van der Waals surface area contributed by atoms with Gasteiger partial charge in [-0.15, -0.1) is 0 Å². The van der Waals surface area contributed by atoms with E-state index in [0.29, 0.717) is 17.4 Å². The van der Waals surface area contributed by atoms with Crippen molar-refractivity contribution < 1.29 is 9.18 Å². The Labute approximate surface area is 163 Å². The SMILES string of the molecule is CN1CCC(n2nccc2NC(=O)c2cccc(-c3cccc(F)c3)c2)CC1. The molecular formula is C22H23FN4O. The van der Waals surface area contributed by atoms with Gasteiger partial charge < -0.3 is 10.2 Å². The van der Waals surface area contributed by atoms with Crippen LogP contribution in [0.4, 0.5) is 10.2 Å². The number of nitrogens with zero attached hydrogens (tertiary/aromatic N) is 3. The van der Waals surface area contributed by atoms with Crippen LogP contribution in [0.25, 0.3) is 11.1 Å². The number of halogens is 1. The largest absolute Gasteiger partial charge is 0.307 e. The zero-order valence-electron chi connectivity index (χ0n) is 15.8. The van der Waals surface area contributed by atoms with Crippen LogP contribution >= 0.6 is 0 Å². The first-order valence-electron chi connectivity index (χ1n) is 9.49. The van der Waals surface area contributed by atoms with Gasteiger partial charge in [0.05, 0.1) is 12.2 Å². The van der Waals surface area contributed by atoms with Crippen molar-refractivity contribution in [2.24, 2.45) is 0 Å². The van der Waals surface area contributed by atoms with Crippen LogP contribution in [0.1, 0.15) is 29.2 Å². The summed E-state index contributed by atoms with van der Waals surface area (Å²) in [5, 5.41) is 7.41. The lowest BCUT2D eigenvalue weighted by Gasteiger charge is -2.30. The molecule has 1 saturated heterocycles. The molecule has 5 nitrogen and oxygen atoms in total. The molecule has 1 fully saturated rings. The van der Waals surface area contributed by atoms with Crippen molar-refractivity contribution in [3.63, 3.8) is 0 Å². The Morgan fingerprint density at radius 1 is 1.07 bits per heavy atom. The number of likely N-dealkylation sites (tertiary alicyclic amines) is 1. The first-order chi connectivity index (χ1) is 13.6. The third-order valence-corrected chi connectivity index (χ3v) is 5.23. The fourth-order valence-corrected chi connectivity index (χ4v) is 3.64. The zero-order valence-corrected chi connectivity index (χ0v) is 15.8. The number of anilines is 1. The second-order valence-electron chi connectivity index (χ2n) is 7.24. The topological polar surface area (TPSA) is 50.2 Å². The van der Waals surface area contributed by atoms with Gasteiger partial charge in [0.2, 0.25) is 0 Å². The summed E-state index contributed by atoms with van der Waals surface area (Å²) < 4.78 is 15.4. The summed E-state index contributed by atoms with van der Waals surface area (Å²) in [6.07, 6.45) is 3.74. The molecule has 0 radical (unpaired) electrons. The third kappa shape index (κ3) is 3.97. The number of hydrogen-bond donors (Lipinski definition) is 1. The highest BCUT2D eigenvalue weighted by Gasteiger charge is 2.21. The number of aromatic nitrogens is 2. The minimum Gasteiger partial charge on any atom is -0.307 e. The highest BCUT2D eigenvalue weighted by Crippen LogP contribution is 2.26. The molecule has 144 valence electrons. The number of hydrogen-bond acceptors (Lipinski definition) is 3. The minimum atomic E-state index is -0.297. The maximum atomic E-state index is 13.5. The maximum Gasteiger partial charge on any atom is 0.256 e. The van der Waals surface area contributed by atoms with E-state index in [1.54, 1.807) is 24.4 Å². The normalized spacial score (nSPS) is 15.5. The monoisotopic (exact) mass is 378 g/mol. The molecule has 0 bridgehead atoms. The number of piperidine rings is 1. The molecule has 2 heterocycles. The average molecular weight is 378 g/mol. The van der Waals surface area contributed by atoms with Gasteiger partial charge >= 0.3 is 0 Å². The highest BCUT2D eigenvalue weighted by molar-refractivity contribution is 6.04. The van der Waals surface area contributed by atoms with Crippen molar-refractivity contribution in [3.05, 3.63) is 72.2 Å². The molecule has 1 N–H and O–H groups in total. The molecular weight excluding hydrogens is 355 g/mol. The van der Waals surface area contributed by atoms with Crippen molar-refractivity contribution in [1.82, 2.24) is 14.7 Å². The molecule has 28 heavy (non-hydrogen) atoms. The lowest BCUT2D eigenvalue weighted by atomic mass is 10.0. The quantitative estimate of drug-likeness (QED) is 0.740. The van der Waals surface area contributed by atoms with Crippen molar-refractivity contribution in [2.75, 3.05) is 25.5 Å². The van der Waals surface area contributed by atoms with Gasteiger partial charge in [0.1, 0.15) is 11.6 Å². The van der Waals surface area contributed by atoms with E-state index in [4.69, 9.17) is 0 Å². The average Bonchev–Trinajstić information content (AvgIpc) is 3.17. The van der Waals surface area contributed by atoms with Gasteiger partial charge in [0, 0.05) is 11.6 Å². The van der Waals surface area contributed by atoms with E-state index < -0.39 is 0 Å². The third-order valence-electron chi connectivity index (χ3n) is 5.23. The molecule has 1 aromatic heterocycles. The number of rotatable bonds is 4. The Bertz CT molecular complexity index is 976. The van der Waals surface area contributed by atoms with Gasteiger partial charge in [0.15, 0.2) is 0 Å². The fraction of sp³-hybridized carbons (Fsp3) is 0.273. The predicted molar refractivity (Wildman–Crippen MR) is 108 cm³/mol. The smallest absolute Gasteiger partial charge is 0.256 e. The van der Waals surface area contributed by atoms with E-state index in [0.717, 1.165) is 37.1 Å². The standard InChI is InChI=1S/C22H23FN4O/c1-26-12-9-20(10-13-26)27-21(8-11-24-27)25-22(28)18-6-2-4-16(14-18)17-5-3-7-19(23)15-17/h2-8,11,14-15,20H,9-10,12-13H2,1H3,(H,25,28). The Kier molecular flexibility index (Phi) is 5.21. The summed E-state index contributed by atoms with van der Waals surface area (Å²) in [4.78, 5) is 15.1. The second-order valence-corrected chi connectivity index (χ2v) is 7.24. The molecule has 0 spiro atoms. The van der Waals surface area contributed by atoms with Crippen LogP contribution in [0, 0.1) is 5.82 Å². The van der Waals surface area contributed by atoms with Crippen LogP contribution in [-0.4, -0.2) is 40.7 Å². The van der Waals surface area contributed by atoms with Crippen molar-refractivity contribution in [3.8, 4) is 11.1 Å². The number of carbonyl (C=O) groups excluding carboxylic acids is 1. The highest BCUT2D eigenvalue weighted by atomic mass is 19.1. The lowest BCUT2D eigenvalue weighted by Crippen LogP contribution is -2.32. The summed E-state index contributed by atoms with van der Waals surface area (Å²) in [6, 6.07) is 15.7. The summed E-state index contributed by atoms with van der Waals surface area (Å²) in [5.74, 6) is 0.207. The molecule has 1 amide bonds. The van der Waals surface area contributed by atoms with E-state index in [-0.39, 0.29) is 11.7 Å². The van der Waals surface area contributed by atoms with Gasteiger partial charge in [-0.25, -0.2) is 9.07 Å². The van der Waals surface area contributed by atoms with Gasteiger partial charge in [-0.05, 0) is 68.4 Å². The summed E-state index contributed by atoms with van der Waals surface area (Å²) in [5.41, 5.74) is 2.07. The Morgan fingerprint density at radius 2 is 1.79 bits per heavy atom. The first-order valence-corrected chi connectivity index (χ1v) is 9.49. The van der Waals surface area contributed by atoms with Crippen LogP contribution < -0.4 is 5.32 Å². The number of carbonyl (C=O) groups is 1. The van der Waals surface area contributed by atoms with Gasteiger partial charge in [-0.2, -0.15) is 5.10 Å². The molecule has 0 aliphatic carbocycles. The Balaban J connectivity index is 1.52. The molecule has 0 atom stereocenters. The number of amides is 1. The fourth-order valence-electron chi connectivity index (χ4n) is 3.64.